The lowest BCUT2D eigenvalue weighted by molar-refractivity contribution is -0.144. The molecule has 1 spiro atoms. The summed E-state index contributed by atoms with van der Waals surface area (Å²) in [5, 5.41) is 14.8. The van der Waals surface area contributed by atoms with Crippen molar-refractivity contribution in [2.45, 2.75) is 95.1 Å². The fourth-order valence-corrected chi connectivity index (χ4v) is 10.9. The Morgan fingerprint density at radius 3 is 2.57 bits per heavy atom. The number of ether oxygens (including phenoxy) is 3. The van der Waals surface area contributed by atoms with E-state index in [2.05, 4.69) is 60.5 Å². The first-order chi connectivity index (χ1) is 31.6. The summed E-state index contributed by atoms with van der Waals surface area (Å²) in [7, 11) is 1.66. The van der Waals surface area contributed by atoms with Crippen molar-refractivity contribution >= 4 is 35.4 Å². The number of rotatable bonds is 15. The van der Waals surface area contributed by atoms with Crippen molar-refractivity contribution < 1.29 is 24.1 Å². The molecule has 3 atom stereocenters. The van der Waals surface area contributed by atoms with Crippen LogP contribution >= 0.6 is 11.6 Å². The maximum atomic E-state index is 13.2. The number of nitrogens with zero attached hydrogens (tertiary/aromatic N) is 3. The monoisotopic (exact) mass is 888 g/mol. The topological polar surface area (TPSA) is 116 Å². The molecule has 3 aliphatic rings. The fraction of sp³-hybridized carbons (Fsp3) is 0.345. The van der Waals surface area contributed by atoms with Gasteiger partial charge in [0.05, 0.1) is 19.4 Å². The van der Waals surface area contributed by atoms with Crippen LogP contribution in [0, 0.1) is 11.8 Å². The maximum absolute atomic E-state index is 13.2. The number of para-hydroxylation sites is 1. The lowest BCUT2D eigenvalue weighted by Crippen LogP contribution is -2.53. The van der Waals surface area contributed by atoms with Gasteiger partial charge in [-0.25, -0.2) is 14.8 Å². The SMILES string of the molecule is COc1ccccc1-c1ccnc(/C=C/c2cccc(COc3ccc4c(c3)C3(CCC(Nc5cccc(Cl)c5)(C(=O)O)CC3)[C@@H](C[C@@H](C)COc3ccnc5c3[C@H](C)CCC5)C4)c2)n1. The highest BCUT2D eigenvalue weighted by atomic mass is 35.5. The van der Waals surface area contributed by atoms with E-state index in [9.17, 15) is 9.90 Å². The lowest BCUT2D eigenvalue weighted by atomic mass is 9.59. The van der Waals surface area contributed by atoms with Crippen molar-refractivity contribution in [3.8, 4) is 28.5 Å². The molecule has 1 saturated carbocycles. The molecule has 2 heterocycles. The summed E-state index contributed by atoms with van der Waals surface area (Å²) in [5.41, 5.74) is 8.23. The van der Waals surface area contributed by atoms with Crippen molar-refractivity contribution in [3.63, 3.8) is 0 Å². The Labute approximate surface area is 387 Å². The molecule has 0 aliphatic heterocycles. The van der Waals surface area contributed by atoms with Crippen molar-refractivity contribution in [1.82, 2.24) is 15.0 Å². The van der Waals surface area contributed by atoms with E-state index in [0.717, 1.165) is 83.8 Å². The predicted molar refractivity (Wildman–Crippen MR) is 258 cm³/mol. The summed E-state index contributed by atoms with van der Waals surface area (Å²) in [6.07, 6.45) is 15.3. The zero-order chi connectivity index (χ0) is 45.0. The van der Waals surface area contributed by atoms with E-state index < -0.39 is 11.5 Å². The Kier molecular flexibility index (Phi) is 12.9. The van der Waals surface area contributed by atoms with Crippen LogP contribution in [0.15, 0.2) is 116 Å². The van der Waals surface area contributed by atoms with Crippen molar-refractivity contribution in [3.05, 3.63) is 160 Å². The smallest absolute Gasteiger partial charge is 0.329 e. The molecule has 6 aromatic rings. The number of halogens is 1. The molecule has 2 N–H and O–H groups in total. The average Bonchev–Trinajstić information content (AvgIpc) is 3.61. The minimum atomic E-state index is -1.10. The summed E-state index contributed by atoms with van der Waals surface area (Å²) in [6.45, 7) is 5.59. The Morgan fingerprint density at radius 1 is 0.908 bits per heavy atom. The number of hydrogen-bond acceptors (Lipinski definition) is 8. The first-order valence-corrected chi connectivity index (χ1v) is 23.4. The van der Waals surface area contributed by atoms with Gasteiger partial charge in [0.1, 0.15) is 29.4 Å². The van der Waals surface area contributed by atoms with Crippen LogP contribution in [0.4, 0.5) is 5.69 Å². The van der Waals surface area contributed by atoms with E-state index >= 15 is 0 Å². The molecule has 9 rings (SSSR count). The lowest BCUT2D eigenvalue weighted by Gasteiger charge is -2.47. The molecule has 4 aromatic carbocycles. The van der Waals surface area contributed by atoms with Crippen LogP contribution in [-0.2, 0) is 29.7 Å². The van der Waals surface area contributed by atoms with Crippen molar-refractivity contribution in [2.75, 3.05) is 19.0 Å². The van der Waals surface area contributed by atoms with Gasteiger partial charge in [0.25, 0.3) is 0 Å². The number of anilines is 1. The first-order valence-electron chi connectivity index (χ1n) is 23.0. The standard InChI is InChI=1S/C55H57ClN4O5/c1-36(34-65-50-22-28-57-48-15-6-9-37(2)52(48)50)29-41-31-40-18-19-44(33-46(40)54(41)23-25-55(26-24-54,53(61)62)60-43-13-8-12-42(56)32-43)64-35-39-11-7-10-38(30-39)17-20-51-58-27-21-47(59-51)45-14-4-5-16-49(45)63-3/h4-5,7-8,10-14,16-22,27-28,30,32-33,36-37,41,60H,6,9,15,23-26,29,31,34-35H2,1-3H3,(H,61,62)/b20-17+/t36-,37-,41+,54?,55?/m1/s1. The van der Waals surface area contributed by atoms with Gasteiger partial charge in [-0.2, -0.15) is 0 Å². The predicted octanol–water partition coefficient (Wildman–Crippen LogP) is 12.4. The third kappa shape index (κ3) is 9.48. The summed E-state index contributed by atoms with van der Waals surface area (Å²) in [5.74, 6) is 3.36. The molecule has 0 bridgehead atoms. The summed E-state index contributed by atoms with van der Waals surface area (Å²) < 4.78 is 18.8. The number of aliphatic carboxylic acids is 1. The zero-order valence-corrected chi connectivity index (χ0v) is 38.2. The minimum Gasteiger partial charge on any atom is -0.496 e. The zero-order valence-electron chi connectivity index (χ0n) is 37.4. The van der Waals surface area contributed by atoms with E-state index in [4.69, 9.17) is 35.8 Å². The van der Waals surface area contributed by atoms with Crippen LogP contribution in [0.2, 0.25) is 5.02 Å². The molecule has 334 valence electrons. The number of benzene rings is 4. The molecule has 1 fully saturated rings. The normalized spacial score (nSPS) is 21.7. The van der Waals surface area contributed by atoms with Crippen molar-refractivity contribution in [1.29, 1.82) is 0 Å². The van der Waals surface area contributed by atoms with Crippen LogP contribution in [0.3, 0.4) is 0 Å². The van der Waals surface area contributed by atoms with E-state index in [1.807, 2.05) is 72.9 Å². The van der Waals surface area contributed by atoms with Crippen LogP contribution in [0.5, 0.6) is 17.2 Å². The summed E-state index contributed by atoms with van der Waals surface area (Å²) in [4.78, 5) is 27.1. The quantitative estimate of drug-likeness (QED) is 0.104. The van der Waals surface area contributed by atoms with Gasteiger partial charge < -0.3 is 24.6 Å². The molecule has 10 heteroatoms. The van der Waals surface area contributed by atoms with Gasteiger partial charge in [-0.1, -0.05) is 74.0 Å². The highest BCUT2D eigenvalue weighted by Gasteiger charge is 2.54. The Hall–Kier alpha value is -6.19. The van der Waals surface area contributed by atoms with E-state index in [-0.39, 0.29) is 11.3 Å². The number of nitrogens with one attached hydrogen (secondary N) is 1. The Bertz CT molecular complexity index is 2690. The number of aryl methyl sites for hydroxylation is 1. The molecule has 0 amide bonds. The largest absolute Gasteiger partial charge is 0.496 e. The number of fused-ring (bicyclic) bond motifs is 3. The molecular weight excluding hydrogens is 832 g/mol. The van der Waals surface area contributed by atoms with Crippen LogP contribution < -0.4 is 19.5 Å². The van der Waals surface area contributed by atoms with Gasteiger partial charge in [-0.3, -0.25) is 4.98 Å². The fourth-order valence-electron chi connectivity index (χ4n) is 10.8. The number of hydrogen-bond donors (Lipinski definition) is 2. The van der Waals surface area contributed by atoms with Gasteiger partial charge >= 0.3 is 5.97 Å². The number of aromatic nitrogens is 3. The summed E-state index contributed by atoms with van der Waals surface area (Å²) >= 11 is 6.35. The summed E-state index contributed by atoms with van der Waals surface area (Å²) in [6, 6.07) is 34.0. The second-order valence-corrected chi connectivity index (χ2v) is 18.8. The third-order valence-corrected chi connectivity index (χ3v) is 14.3. The minimum absolute atomic E-state index is 0.210. The van der Waals surface area contributed by atoms with Gasteiger partial charge in [0.2, 0.25) is 0 Å². The number of pyridine rings is 1. The molecule has 0 unspecified atom stereocenters. The third-order valence-electron chi connectivity index (χ3n) is 14.1. The highest BCUT2D eigenvalue weighted by Crippen LogP contribution is 2.57. The van der Waals surface area contributed by atoms with Crippen molar-refractivity contribution in [2.24, 2.45) is 11.8 Å². The number of methoxy groups -OCH3 is 1. The molecule has 0 radical (unpaired) electrons. The second-order valence-electron chi connectivity index (χ2n) is 18.4. The van der Waals surface area contributed by atoms with Crippen LogP contribution in [-0.4, -0.2) is 45.3 Å². The molecule has 9 nitrogen and oxygen atoms in total. The average molecular weight is 890 g/mol. The molecule has 3 aliphatic carbocycles. The first kappa shape index (κ1) is 44.0. The van der Waals surface area contributed by atoms with Crippen LogP contribution in [0.1, 0.15) is 104 Å². The second kappa shape index (κ2) is 19.1. The van der Waals surface area contributed by atoms with E-state index in [0.29, 0.717) is 48.7 Å². The maximum Gasteiger partial charge on any atom is 0.329 e. The highest BCUT2D eigenvalue weighted by molar-refractivity contribution is 6.30. The van der Waals surface area contributed by atoms with Gasteiger partial charge in [-0.15, -0.1) is 0 Å². The number of carboxylic acid groups (broad SMARTS) is 1. The Morgan fingerprint density at radius 2 is 1.74 bits per heavy atom. The van der Waals surface area contributed by atoms with Gasteiger partial charge in [-0.05, 0) is 170 Å². The van der Waals surface area contributed by atoms with Gasteiger partial charge in [0, 0.05) is 39.9 Å². The molecule has 0 saturated heterocycles. The number of carboxylic acids is 1. The molecule has 65 heavy (non-hydrogen) atoms. The van der Waals surface area contributed by atoms with E-state index in [1.54, 1.807) is 25.4 Å². The van der Waals surface area contributed by atoms with Crippen LogP contribution in [0.25, 0.3) is 23.4 Å². The number of carbonyl (C=O) groups is 1. The molecule has 2 aromatic heterocycles. The Balaban J connectivity index is 0.927. The van der Waals surface area contributed by atoms with Gasteiger partial charge in [0.15, 0.2) is 5.82 Å². The van der Waals surface area contributed by atoms with E-state index in [1.165, 1.54) is 28.8 Å². The molecular formula is C55H57ClN4O5.